The first-order valence-corrected chi connectivity index (χ1v) is 6.10. The molecule has 1 aromatic rings. The second kappa shape index (κ2) is 5.17. The second-order valence-corrected chi connectivity index (χ2v) is 4.60. The molecule has 1 fully saturated rings. The average molecular weight is 234 g/mol. The van der Waals surface area contributed by atoms with Crippen LogP contribution in [0.2, 0.25) is 0 Å². The number of hydrazone groups is 1. The number of aryl methyl sites for hydroxylation is 1. The average Bonchev–Trinajstić information content (AvgIpc) is 2.74. The fourth-order valence-corrected chi connectivity index (χ4v) is 2.07. The van der Waals surface area contributed by atoms with Crippen LogP contribution >= 0.6 is 0 Å². The van der Waals surface area contributed by atoms with Gasteiger partial charge in [-0.3, -0.25) is 4.79 Å². The van der Waals surface area contributed by atoms with Gasteiger partial charge in [-0.2, -0.15) is 5.10 Å². The molecule has 1 aliphatic carbocycles. The first-order valence-electron chi connectivity index (χ1n) is 6.10. The van der Waals surface area contributed by atoms with E-state index in [1.165, 1.54) is 12.8 Å². The summed E-state index contributed by atoms with van der Waals surface area (Å²) in [5, 5.41) is 4.21. The smallest absolute Gasteiger partial charge is 0.307 e. The third-order valence-electron chi connectivity index (χ3n) is 3.15. The van der Waals surface area contributed by atoms with E-state index in [-0.39, 0.29) is 5.91 Å². The highest BCUT2D eigenvalue weighted by atomic mass is 16.3. The SMILES string of the molecule is Cc1ccc(C(=O)NN=C2CCCCC2C)o1. The van der Waals surface area contributed by atoms with E-state index in [4.69, 9.17) is 4.42 Å². The summed E-state index contributed by atoms with van der Waals surface area (Å²) >= 11 is 0. The van der Waals surface area contributed by atoms with Gasteiger partial charge in [0.05, 0.1) is 0 Å². The van der Waals surface area contributed by atoms with Crippen LogP contribution in [0.15, 0.2) is 21.7 Å². The van der Waals surface area contributed by atoms with Crippen molar-refractivity contribution < 1.29 is 9.21 Å². The van der Waals surface area contributed by atoms with Gasteiger partial charge in [-0.25, -0.2) is 5.43 Å². The lowest BCUT2D eigenvalue weighted by Gasteiger charge is -2.19. The van der Waals surface area contributed by atoms with Crippen molar-refractivity contribution in [2.75, 3.05) is 0 Å². The Bertz CT molecular complexity index is 434. The molecule has 4 heteroatoms. The molecule has 1 N–H and O–H groups in total. The number of hydrogen-bond donors (Lipinski definition) is 1. The second-order valence-electron chi connectivity index (χ2n) is 4.60. The summed E-state index contributed by atoms with van der Waals surface area (Å²) in [6.07, 6.45) is 4.57. The molecule has 1 atom stereocenters. The fraction of sp³-hybridized carbons (Fsp3) is 0.538. The molecule has 0 saturated heterocycles. The molecular weight excluding hydrogens is 216 g/mol. The zero-order valence-corrected chi connectivity index (χ0v) is 10.3. The zero-order chi connectivity index (χ0) is 12.3. The van der Waals surface area contributed by atoms with Gasteiger partial charge in [0, 0.05) is 5.71 Å². The van der Waals surface area contributed by atoms with Gasteiger partial charge < -0.3 is 4.42 Å². The number of hydrogen-bond acceptors (Lipinski definition) is 3. The van der Waals surface area contributed by atoms with Crippen molar-refractivity contribution >= 4 is 11.6 Å². The summed E-state index contributed by atoms with van der Waals surface area (Å²) in [7, 11) is 0. The molecule has 1 aromatic heterocycles. The summed E-state index contributed by atoms with van der Waals surface area (Å²) in [6, 6.07) is 3.43. The highest BCUT2D eigenvalue weighted by Crippen LogP contribution is 2.20. The van der Waals surface area contributed by atoms with Crippen molar-refractivity contribution in [3.8, 4) is 0 Å². The number of carbonyl (C=O) groups excluding carboxylic acids is 1. The first-order chi connectivity index (χ1) is 8.16. The first kappa shape index (κ1) is 11.9. The monoisotopic (exact) mass is 234 g/mol. The van der Waals surface area contributed by atoms with Crippen LogP contribution < -0.4 is 5.43 Å². The molecule has 1 amide bonds. The van der Waals surface area contributed by atoms with Crippen LogP contribution in [-0.4, -0.2) is 11.6 Å². The van der Waals surface area contributed by atoms with Crippen molar-refractivity contribution in [3.05, 3.63) is 23.7 Å². The summed E-state index contributed by atoms with van der Waals surface area (Å²) in [6.45, 7) is 3.97. The maximum atomic E-state index is 11.7. The van der Waals surface area contributed by atoms with E-state index in [0.29, 0.717) is 11.7 Å². The minimum absolute atomic E-state index is 0.275. The Morgan fingerprint density at radius 3 is 2.94 bits per heavy atom. The van der Waals surface area contributed by atoms with Gasteiger partial charge in [-0.1, -0.05) is 13.3 Å². The Kier molecular flexibility index (Phi) is 3.61. The highest BCUT2D eigenvalue weighted by molar-refractivity contribution is 5.93. The summed E-state index contributed by atoms with van der Waals surface area (Å²) in [5.41, 5.74) is 3.66. The fourth-order valence-electron chi connectivity index (χ4n) is 2.07. The van der Waals surface area contributed by atoms with E-state index in [2.05, 4.69) is 17.5 Å². The number of carbonyl (C=O) groups is 1. The van der Waals surface area contributed by atoms with E-state index < -0.39 is 0 Å². The molecule has 0 aliphatic heterocycles. The van der Waals surface area contributed by atoms with Crippen molar-refractivity contribution in [3.63, 3.8) is 0 Å². The molecule has 1 unspecified atom stereocenters. The largest absolute Gasteiger partial charge is 0.456 e. The van der Waals surface area contributed by atoms with E-state index in [1.54, 1.807) is 12.1 Å². The standard InChI is InChI=1S/C13H18N2O2/c1-9-5-3-4-6-11(9)14-15-13(16)12-8-7-10(2)17-12/h7-9H,3-6H2,1-2H3,(H,15,16). The zero-order valence-electron chi connectivity index (χ0n) is 10.3. The molecule has 0 spiro atoms. The van der Waals surface area contributed by atoms with Crippen LogP contribution in [0.3, 0.4) is 0 Å². The van der Waals surface area contributed by atoms with Crippen molar-refractivity contribution in [2.24, 2.45) is 11.0 Å². The molecule has 2 rings (SSSR count). The molecule has 17 heavy (non-hydrogen) atoms. The Hall–Kier alpha value is -1.58. The van der Waals surface area contributed by atoms with E-state index in [1.807, 2.05) is 6.92 Å². The lowest BCUT2D eigenvalue weighted by molar-refractivity contribution is 0.0925. The van der Waals surface area contributed by atoms with Crippen molar-refractivity contribution in [1.29, 1.82) is 0 Å². The molecule has 0 bridgehead atoms. The molecule has 1 heterocycles. The van der Waals surface area contributed by atoms with Gasteiger partial charge in [-0.15, -0.1) is 0 Å². The third kappa shape index (κ3) is 2.96. The molecule has 92 valence electrons. The molecular formula is C13H18N2O2. The van der Waals surface area contributed by atoms with Crippen LogP contribution in [-0.2, 0) is 0 Å². The van der Waals surface area contributed by atoms with Gasteiger partial charge >= 0.3 is 5.91 Å². The van der Waals surface area contributed by atoms with Gasteiger partial charge in [0.25, 0.3) is 0 Å². The molecule has 1 saturated carbocycles. The predicted molar refractivity (Wildman–Crippen MR) is 66.0 cm³/mol. The quantitative estimate of drug-likeness (QED) is 0.800. The molecule has 1 aliphatic rings. The van der Waals surface area contributed by atoms with Gasteiger partial charge in [0.15, 0.2) is 5.76 Å². The maximum Gasteiger partial charge on any atom is 0.307 e. The summed E-state index contributed by atoms with van der Waals surface area (Å²) in [4.78, 5) is 11.7. The lowest BCUT2D eigenvalue weighted by Crippen LogP contribution is -2.24. The Morgan fingerprint density at radius 2 is 2.29 bits per heavy atom. The Morgan fingerprint density at radius 1 is 1.47 bits per heavy atom. The Labute approximate surface area is 101 Å². The van der Waals surface area contributed by atoms with Gasteiger partial charge in [0.2, 0.25) is 0 Å². The summed E-state index contributed by atoms with van der Waals surface area (Å²) in [5.74, 6) is 1.25. The lowest BCUT2D eigenvalue weighted by atomic mass is 9.89. The van der Waals surface area contributed by atoms with Crippen LogP contribution in [0.5, 0.6) is 0 Å². The molecule has 0 radical (unpaired) electrons. The van der Waals surface area contributed by atoms with Crippen LogP contribution in [0.4, 0.5) is 0 Å². The maximum absolute atomic E-state index is 11.7. The normalized spacial score (nSPS) is 22.7. The number of furan rings is 1. The van der Waals surface area contributed by atoms with E-state index in [9.17, 15) is 4.79 Å². The van der Waals surface area contributed by atoms with Crippen LogP contribution in [0.25, 0.3) is 0 Å². The van der Waals surface area contributed by atoms with E-state index >= 15 is 0 Å². The molecule has 0 aromatic carbocycles. The molecule has 4 nitrogen and oxygen atoms in total. The number of nitrogens with one attached hydrogen (secondary N) is 1. The van der Waals surface area contributed by atoms with Gasteiger partial charge in [-0.05, 0) is 44.2 Å². The predicted octanol–water partition coefficient (Wildman–Crippen LogP) is 2.88. The van der Waals surface area contributed by atoms with Crippen molar-refractivity contribution in [1.82, 2.24) is 5.43 Å². The van der Waals surface area contributed by atoms with E-state index in [0.717, 1.165) is 24.3 Å². The van der Waals surface area contributed by atoms with Crippen molar-refractivity contribution in [2.45, 2.75) is 39.5 Å². The number of rotatable bonds is 2. The third-order valence-corrected chi connectivity index (χ3v) is 3.15. The topological polar surface area (TPSA) is 54.6 Å². The summed E-state index contributed by atoms with van der Waals surface area (Å²) < 4.78 is 5.23. The number of nitrogens with zero attached hydrogens (tertiary/aromatic N) is 1. The van der Waals surface area contributed by atoms with Crippen LogP contribution in [0, 0.1) is 12.8 Å². The van der Waals surface area contributed by atoms with Gasteiger partial charge in [0.1, 0.15) is 5.76 Å². The minimum atomic E-state index is -0.275. The van der Waals surface area contributed by atoms with Crippen LogP contribution in [0.1, 0.15) is 48.9 Å². The number of amides is 1. The highest BCUT2D eigenvalue weighted by Gasteiger charge is 2.16. The minimum Gasteiger partial charge on any atom is -0.456 e. The Balaban J connectivity index is 1.97.